The molecule has 3 rings (SSSR count). The summed E-state index contributed by atoms with van der Waals surface area (Å²) in [6, 6.07) is 5.66. The molecular weight excluding hydrogens is 326 g/mol. The lowest BCUT2D eigenvalue weighted by Crippen LogP contribution is -2.44. The molecule has 24 heavy (non-hydrogen) atoms. The van der Waals surface area contributed by atoms with E-state index in [1.54, 1.807) is 0 Å². The van der Waals surface area contributed by atoms with Crippen LogP contribution in [0.2, 0.25) is 0 Å². The minimum atomic E-state index is -0.267. The van der Waals surface area contributed by atoms with Gasteiger partial charge in [0, 0.05) is 24.8 Å². The third-order valence-electron chi connectivity index (χ3n) is 5.30. The molecule has 0 spiro atoms. The van der Waals surface area contributed by atoms with Gasteiger partial charge in [0.2, 0.25) is 11.8 Å². The Kier molecular flexibility index (Phi) is 5.88. The highest BCUT2D eigenvalue weighted by molar-refractivity contribution is 5.97. The summed E-state index contributed by atoms with van der Waals surface area (Å²) in [4.78, 5) is 24.2. The van der Waals surface area contributed by atoms with Crippen LogP contribution in [0.3, 0.4) is 0 Å². The Labute approximate surface area is 149 Å². The van der Waals surface area contributed by atoms with Crippen molar-refractivity contribution in [3.05, 3.63) is 23.8 Å². The second kappa shape index (κ2) is 7.53. The normalized spacial score (nSPS) is 25.3. The van der Waals surface area contributed by atoms with Crippen molar-refractivity contribution in [2.45, 2.75) is 39.5 Å². The molecule has 2 amide bonds. The molecule has 1 saturated heterocycles. The highest BCUT2D eigenvalue weighted by Crippen LogP contribution is 2.44. The summed E-state index contributed by atoms with van der Waals surface area (Å²) in [5, 5.41) is 9.29. The zero-order valence-corrected chi connectivity index (χ0v) is 15.1. The lowest BCUT2D eigenvalue weighted by molar-refractivity contribution is -0.128. The van der Waals surface area contributed by atoms with Crippen LogP contribution in [-0.2, 0) is 9.59 Å². The van der Waals surface area contributed by atoms with E-state index in [1.165, 1.54) is 13.3 Å². The maximum Gasteiger partial charge on any atom is 0.232 e. The van der Waals surface area contributed by atoms with Gasteiger partial charge in [-0.2, -0.15) is 0 Å². The standard InChI is InChI=1S/C18H25N3O2.ClH/c1-12-6-7-15(9-16(12)20-13(2)22)21-17(23)18-8-4-3-5-14(18)10-19-11-18;/h6-7,9,14,19H,3-5,8,10-11H2,1-2H3,(H,20,22)(H,21,23);1H/t14-,18+;/m0./s1. The van der Waals surface area contributed by atoms with Gasteiger partial charge >= 0.3 is 0 Å². The van der Waals surface area contributed by atoms with Gasteiger partial charge in [-0.15, -0.1) is 12.4 Å². The highest BCUT2D eigenvalue weighted by atomic mass is 35.5. The molecule has 0 aromatic heterocycles. The van der Waals surface area contributed by atoms with Gasteiger partial charge in [0.05, 0.1) is 5.41 Å². The van der Waals surface area contributed by atoms with Crippen LogP contribution in [0.5, 0.6) is 0 Å². The molecular formula is C18H26ClN3O2. The van der Waals surface area contributed by atoms with Crippen LogP contribution >= 0.6 is 12.4 Å². The quantitative estimate of drug-likeness (QED) is 0.783. The summed E-state index contributed by atoms with van der Waals surface area (Å²) in [6.07, 6.45) is 4.43. The molecule has 0 bridgehead atoms. The SMILES string of the molecule is CC(=O)Nc1cc(NC(=O)[C@@]23CCCC[C@H]2CNC3)ccc1C.Cl. The molecule has 1 aromatic carbocycles. The molecule has 132 valence electrons. The average molecular weight is 352 g/mol. The average Bonchev–Trinajstić information content (AvgIpc) is 2.95. The van der Waals surface area contributed by atoms with Gasteiger partial charge in [0.25, 0.3) is 0 Å². The van der Waals surface area contributed by atoms with Crippen molar-refractivity contribution < 1.29 is 9.59 Å². The van der Waals surface area contributed by atoms with E-state index in [0.29, 0.717) is 5.92 Å². The van der Waals surface area contributed by atoms with Crippen LogP contribution in [0.25, 0.3) is 0 Å². The van der Waals surface area contributed by atoms with Crippen molar-refractivity contribution in [1.82, 2.24) is 5.32 Å². The topological polar surface area (TPSA) is 70.2 Å². The molecule has 1 aromatic rings. The van der Waals surface area contributed by atoms with Crippen LogP contribution in [0.15, 0.2) is 18.2 Å². The van der Waals surface area contributed by atoms with Gasteiger partial charge in [-0.1, -0.05) is 18.9 Å². The van der Waals surface area contributed by atoms with Gasteiger partial charge in [0.15, 0.2) is 0 Å². The van der Waals surface area contributed by atoms with Gasteiger partial charge in [-0.25, -0.2) is 0 Å². The number of fused-ring (bicyclic) bond motifs is 1. The molecule has 1 heterocycles. The third kappa shape index (κ3) is 3.57. The van der Waals surface area contributed by atoms with E-state index in [2.05, 4.69) is 16.0 Å². The Hall–Kier alpha value is -1.59. The molecule has 2 fully saturated rings. The van der Waals surface area contributed by atoms with Crippen molar-refractivity contribution in [2.24, 2.45) is 11.3 Å². The molecule has 6 heteroatoms. The zero-order chi connectivity index (χ0) is 16.4. The Morgan fingerprint density at radius 3 is 2.79 bits per heavy atom. The summed E-state index contributed by atoms with van der Waals surface area (Å²) in [6.45, 7) is 5.14. The number of anilines is 2. The van der Waals surface area contributed by atoms with Crippen molar-refractivity contribution in [2.75, 3.05) is 23.7 Å². The van der Waals surface area contributed by atoms with Gasteiger partial charge < -0.3 is 16.0 Å². The fraction of sp³-hybridized carbons (Fsp3) is 0.556. The van der Waals surface area contributed by atoms with Gasteiger partial charge in [-0.05, 0) is 49.9 Å². The zero-order valence-electron chi connectivity index (χ0n) is 14.3. The van der Waals surface area contributed by atoms with Crippen LogP contribution in [0.1, 0.15) is 38.2 Å². The summed E-state index contributed by atoms with van der Waals surface area (Å²) >= 11 is 0. The first-order valence-electron chi connectivity index (χ1n) is 8.42. The number of carbonyl (C=O) groups is 2. The van der Waals surface area contributed by atoms with Crippen LogP contribution in [-0.4, -0.2) is 24.9 Å². The van der Waals surface area contributed by atoms with Crippen LogP contribution in [0.4, 0.5) is 11.4 Å². The minimum absolute atomic E-state index is 0. The molecule has 1 aliphatic carbocycles. The lowest BCUT2D eigenvalue weighted by atomic mass is 9.67. The number of nitrogens with one attached hydrogen (secondary N) is 3. The Morgan fingerprint density at radius 2 is 2.04 bits per heavy atom. The maximum absolute atomic E-state index is 13.0. The van der Waals surface area contributed by atoms with E-state index < -0.39 is 0 Å². The molecule has 2 atom stereocenters. The molecule has 5 nitrogen and oxygen atoms in total. The first kappa shape index (κ1) is 18.7. The van der Waals surface area contributed by atoms with Gasteiger partial charge in [0.1, 0.15) is 0 Å². The minimum Gasteiger partial charge on any atom is -0.326 e. The van der Waals surface area contributed by atoms with E-state index in [0.717, 1.165) is 49.3 Å². The summed E-state index contributed by atoms with van der Waals surface area (Å²) < 4.78 is 0. The van der Waals surface area contributed by atoms with Crippen LogP contribution in [0, 0.1) is 18.3 Å². The first-order chi connectivity index (χ1) is 11.0. The lowest BCUT2D eigenvalue weighted by Gasteiger charge is -2.37. The van der Waals surface area contributed by atoms with E-state index in [1.807, 2.05) is 25.1 Å². The molecule has 3 N–H and O–H groups in total. The summed E-state index contributed by atoms with van der Waals surface area (Å²) in [5.74, 6) is 0.448. The first-order valence-corrected chi connectivity index (χ1v) is 8.42. The van der Waals surface area contributed by atoms with Gasteiger partial charge in [-0.3, -0.25) is 9.59 Å². The van der Waals surface area contributed by atoms with Crippen LogP contribution < -0.4 is 16.0 Å². The molecule has 0 radical (unpaired) electrons. The predicted octanol–water partition coefficient (Wildman–Crippen LogP) is 3.09. The molecule has 1 aliphatic heterocycles. The number of amides is 2. The number of hydrogen-bond acceptors (Lipinski definition) is 3. The maximum atomic E-state index is 13.0. The molecule has 2 aliphatic rings. The fourth-order valence-corrected chi connectivity index (χ4v) is 3.97. The monoisotopic (exact) mass is 351 g/mol. The van der Waals surface area contributed by atoms with E-state index in [-0.39, 0.29) is 29.6 Å². The Morgan fingerprint density at radius 1 is 1.25 bits per heavy atom. The molecule has 0 unspecified atom stereocenters. The van der Waals surface area contributed by atoms with E-state index in [9.17, 15) is 9.59 Å². The number of carbonyl (C=O) groups excluding carboxylic acids is 2. The number of rotatable bonds is 3. The number of halogens is 1. The third-order valence-corrected chi connectivity index (χ3v) is 5.30. The summed E-state index contributed by atoms with van der Waals surface area (Å²) in [5.41, 5.74) is 2.21. The number of hydrogen-bond donors (Lipinski definition) is 3. The largest absolute Gasteiger partial charge is 0.326 e. The van der Waals surface area contributed by atoms with Crippen molar-refractivity contribution in [3.8, 4) is 0 Å². The Balaban J connectivity index is 0.00000208. The fourth-order valence-electron chi connectivity index (χ4n) is 3.97. The number of benzene rings is 1. The second-order valence-corrected chi connectivity index (χ2v) is 6.89. The van der Waals surface area contributed by atoms with Crippen molar-refractivity contribution in [1.29, 1.82) is 0 Å². The van der Waals surface area contributed by atoms with E-state index in [4.69, 9.17) is 0 Å². The Bertz CT molecular complexity index is 635. The van der Waals surface area contributed by atoms with Crippen molar-refractivity contribution in [3.63, 3.8) is 0 Å². The highest BCUT2D eigenvalue weighted by Gasteiger charge is 2.49. The number of aryl methyl sites for hydroxylation is 1. The smallest absolute Gasteiger partial charge is 0.232 e. The second-order valence-electron chi connectivity index (χ2n) is 6.89. The van der Waals surface area contributed by atoms with E-state index >= 15 is 0 Å². The van der Waals surface area contributed by atoms with Crippen molar-refractivity contribution >= 4 is 35.6 Å². The summed E-state index contributed by atoms with van der Waals surface area (Å²) in [7, 11) is 0. The molecule has 1 saturated carbocycles. The predicted molar refractivity (Wildman–Crippen MR) is 98.6 cm³/mol.